The van der Waals surface area contributed by atoms with Crippen LogP contribution in [0, 0.1) is 0 Å². The molecule has 0 fully saturated rings. The molecule has 1 atom stereocenters. The molecule has 0 aliphatic rings. The van der Waals surface area contributed by atoms with E-state index in [1.165, 1.54) is 5.56 Å². The molecule has 0 aromatic heterocycles. The fraction of sp³-hybridized carbons (Fsp3) is 0.294. The van der Waals surface area contributed by atoms with Crippen LogP contribution < -0.4 is 0 Å². The zero-order chi connectivity index (χ0) is 13.2. The Bertz CT molecular complexity index is 509. The summed E-state index contributed by atoms with van der Waals surface area (Å²) >= 11 is 0. The van der Waals surface area contributed by atoms with Crippen LogP contribution in [0.3, 0.4) is 0 Å². The van der Waals surface area contributed by atoms with E-state index in [0.29, 0.717) is 0 Å². The van der Waals surface area contributed by atoms with Crippen molar-refractivity contribution < 1.29 is 5.11 Å². The van der Waals surface area contributed by atoms with Crippen LogP contribution in [-0.4, -0.2) is 5.11 Å². The summed E-state index contributed by atoms with van der Waals surface area (Å²) in [6.07, 6.45) is -0.548. The maximum absolute atomic E-state index is 10.4. The van der Waals surface area contributed by atoms with Crippen LogP contribution >= 0.6 is 0 Å². The zero-order valence-electron chi connectivity index (χ0n) is 11.2. The lowest BCUT2D eigenvalue weighted by molar-refractivity contribution is 0.220. The average molecular weight is 240 g/mol. The Labute approximate surface area is 109 Å². The summed E-state index contributed by atoms with van der Waals surface area (Å²) in [5, 5.41) is 10.4. The van der Waals surface area contributed by atoms with Crippen LogP contribution in [0.2, 0.25) is 0 Å². The Kier molecular flexibility index (Phi) is 3.53. The molecular weight excluding hydrogens is 220 g/mol. The fourth-order valence-corrected chi connectivity index (χ4v) is 2.00. The molecule has 0 heterocycles. The van der Waals surface area contributed by atoms with Crippen molar-refractivity contribution in [2.45, 2.75) is 32.3 Å². The number of hydrogen-bond donors (Lipinski definition) is 1. The molecule has 2 rings (SSSR count). The van der Waals surface area contributed by atoms with Crippen molar-refractivity contribution in [2.24, 2.45) is 0 Å². The Morgan fingerprint density at radius 1 is 0.833 bits per heavy atom. The number of aliphatic hydroxyl groups excluding tert-OH is 1. The van der Waals surface area contributed by atoms with Crippen LogP contribution in [0.5, 0.6) is 0 Å². The molecule has 2 aromatic carbocycles. The Hall–Kier alpha value is -1.60. The number of aliphatic hydroxyl groups is 1. The van der Waals surface area contributed by atoms with Gasteiger partial charge in [0.15, 0.2) is 0 Å². The van der Waals surface area contributed by atoms with Crippen molar-refractivity contribution in [1.29, 1.82) is 0 Å². The largest absolute Gasteiger partial charge is 0.384 e. The number of hydrogen-bond acceptors (Lipinski definition) is 1. The first-order valence-electron chi connectivity index (χ1n) is 6.32. The first-order valence-corrected chi connectivity index (χ1v) is 6.32. The SMILES string of the molecule is CC(C)(C)c1cccc(C(O)c2ccccc2)c1. The summed E-state index contributed by atoms with van der Waals surface area (Å²) in [7, 11) is 0. The molecule has 0 aliphatic carbocycles. The maximum atomic E-state index is 10.4. The predicted molar refractivity (Wildman–Crippen MR) is 75.6 cm³/mol. The highest BCUT2D eigenvalue weighted by atomic mass is 16.3. The fourth-order valence-electron chi connectivity index (χ4n) is 2.00. The van der Waals surface area contributed by atoms with Crippen LogP contribution in [0.25, 0.3) is 0 Å². The average Bonchev–Trinajstić information content (AvgIpc) is 2.38. The van der Waals surface area contributed by atoms with Crippen molar-refractivity contribution in [2.75, 3.05) is 0 Å². The second-order valence-electron chi connectivity index (χ2n) is 5.69. The highest BCUT2D eigenvalue weighted by molar-refractivity contribution is 5.34. The van der Waals surface area contributed by atoms with Crippen LogP contribution in [0.15, 0.2) is 54.6 Å². The highest BCUT2D eigenvalue weighted by Gasteiger charge is 2.16. The van der Waals surface area contributed by atoms with Gasteiger partial charge in [-0.2, -0.15) is 0 Å². The predicted octanol–water partition coefficient (Wildman–Crippen LogP) is 4.07. The molecule has 0 saturated heterocycles. The number of benzene rings is 2. The van der Waals surface area contributed by atoms with Crippen molar-refractivity contribution >= 4 is 0 Å². The lowest BCUT2D eigenvalue weighted by Gasteiger charge is -2.21. The molecule has 0 radical (unpaired) electrons. The van der Waals surface area contributed by atoms with E-state index in [2.05, 4.69) is 32.9 Å². The summed E-state index contributed by atoms with van der Waals surface area (Å²) < 4.78 is 0. The topological polar surface area (TPSA) is 20.2 Å². The third-order valence-electron chi connectivity index (χ3n) is 3.18. The molecule has 0 amide bonds. The van der Waals surface area contributed by atoms with E-state index in [4.69, 9.17) is 0 Å². The van der Waals surface area contributed by atoms with Gasteiger partial charge < -0.3 is 5.11 Å². The van der Waals surface area contributed by atoms with Crippen molar-refractivity contribution in [1.82, 2.24) is 0 Å². The molecule has 2 aromatic rings. The van der Waals surface area contributed by atoms with Gasteiger partial charge in [0.2, 0.25) is 0 Å². The summed E-state index contributed by atoms with van der Waals surface area (Å²) in [4.78, 5) is 0. The van der Waals surface area contributed by atoms with Crippen molar-refractivity contribution in [3.8, 4) is 0 Å². The van der Waals surface area contributed by atoms with Crippen LogP contribution in [0.4, 0.5) is 0 Å². The monoisotopic (exact) mass is 240 g/mol. The van der Waals surface area contributed by atoms with Gasteiger partial charge in [-0.25, -0.2) is 0 Å². The molecule has 0 saturated carbocycles. The van der Waals surface area contributed by atoms with E-state index >= 15 is 0 Å². The van der Waals surface area contributed by atoms with Gasteiger partial charge in [0.05, 0.1) is 0 Å². The zero-order valence-corrected chi connectivity index (χ0v) is 11.2. The minimum absolute atomic E-state index is 0.104. The van der Waals surface area contributed by atoms with E-state index in [1.54, 1.807) is 0 Å². The second kappa shape index (κ2) is 4.95. The van der Waals surface area contributed by atoms with E-state index < -0.39 is 6.10 Å². The number of rotatable bonds is 2. The minimum Gasteiger partial charge on any atom is -0.384 e. The lowest BCUT2D eigenvalue weighted by atomic mass is 9.85. The molecule has 0 bridgehead atoms. The second-order valence-corrected chi connectivity index (χ2v) is 5.69. The van der Waals surface area contributed by atoms with Crippen LogP contribution in [-0.2, 0) is 5.41 Å². The normalized spacial score (nSPS) is 13.3. The Morgan fingerprint density at radius 3 is 2.06 bits per heavy atom. The Balaban J connectivity index is 2.35. The van der Waals surface area contributed by atoms with Crippen molar-refractivity contribution in [3.63, 3.8) is 0 Å². The third-order valence-corrected chi connectivity index (χ3v) is 3.18. The summed E-state index contributed by atoms with van der Waals surface area (Å²) in [6, 6.07) is 18.0. The molecule has 94 valence electrons. The first-order chi connectivity index (χ1) is 8.48. The molecule has 1 nitrogen and oxygen atoms in total. The first kappa shape index (κ1) is 12.8. The highest BCUT2D eigenvalue weighted by Crippen LogP contribution is 2.27. The van der Waals surface area contributed by atoms with Gasteiger partial charge in [-0.05, 0) is 22.1 Å². The summed E-state index contributed by atoms with van der Waals surface area (Å²) in [5.41, 5.74) is 3.24. The van der Waals surface area contributed by atoms with Gasteiger partial charge in [-0.15, -0.1) is 0 Å². The van der Waals surface area contributed by atoms with Crippen molar-refractivity contribution in [3.05, 3.63) is 71.3 Å². The molecule has 18 heavy (non-hydrogen) atoms. The molecular formula is C17H20O. The minimum atomic E-state index is -0.548. The molecule has 0 spiro atoms. The van der Waals surface area contributed by atoms with Gasteiger partial charge in [-0.3, -0.25) is 0 Å². The molecule has 0 aliphatic heterocycles. The van der Waals surface area contributed by atoms with E-state index in [-0.39, 0.29) is 5.41 Å². The van der Waals surface area contributed by atoms with Gasteiger partial charge in [0.1, 0.15) is 6.10 Å². The standard InChI is InChI=1S/C17H20O/c1-17(2,3)15-11-7-10-14(12-15)16(18)13-8-5-4-6-9-13/h4-12,16,18H,1-3H3. The smallest absolute Gasteiger partial charge is 0.104 e. The molecule has 1 unspecified atom stereocenters. The van der Waals surface area contributed by atoms with Gasteiger partial charge in [0, 0.05) is 0 Å². The summed E-state index contributed by atoms with van der Waals surface area (Å²) in [6.45, 7) is 6.54. The maximum Gasteiger partial charge on any atom is 0.104 e. The van der Waals surface area contributed by atoms with Gasteiger partial charge in [-0.1, -0.05) is 75.4 Å². The Morgan fingerprint density at radius 2 is 1.44 bits per heavy atom. The van der Waals surface area contributed by atoms with Gasteiger partial charge in [0.25, 0.3) is 0 Å². The van der Waals surface area contributed by atoms with E-state index in [1.807, 2.05) is 42.5 Å². The summed E-state index contributed by atoms with van der Waals surface area (Å²) in [5.74, 6) is 0. The third kappa shape index (κ3) is 2.80. The van der Waals surface area contributed by atoms with E-state index in [9.17, 15) is 5.11 Å². The molecule has 1 heteroatoms. The molecule has 1 N–H and O–H groups in total. The lowest BCUT2D eigenvalue weighted by Crippen LogP contribution is -2.12. The quantitative estimate of drug-likeness (QED) is 0.839. The van der Waals surface area contributed by atoms with Gasteiger partial charge >= 0.3 is 0 Å². The van der Waals surface area contributed by atoms with Crippen LogP contribution in [0.1, 0.15) is 43.6 Å². The van der Waals surface area contributed by atoms with E-state index in [0.717, 1.165) is 11.1 Å².